The molecule has 0 saturated heterocycles. The Morgan fingerprint density at radius 3 is 2.62 bits per heavy atom. The van der Waals surface area contributed by atoms with Crippen molar-refractivity contribution < 1.29 is 22.7 Å². The molecule has 0 bridgehead atoms. The van der Waals surface area contributed by atoms with Crippen molar-refractivity contribution in [3.63, 3.8) is 0 Å². The predicted molar refractivity (Wildman–Crippen MR) is 97.5 cm³/mol. The van der Waals surface area contributed by atoms with E-state index in [1.807, 2.05) is 13.8 Å². The van der Waals surface area contributed by atoms with Gasteiger partial charge in [0.05, 0.1) is 19.2 Å². The molecule has 26 heavy (non-hydrogen) atoms. The molecule has 0 atom stereocenters. The van der Waals surface area contributed by atoms with Gasteiger partial charge in [0.15, 0.2) is 0 Å². The number of nitrogens with one attached hydrogen (secondary N) is 2. The summed E-state index contributed by atoms with van der Waals surface area (Å²) in [7, 11) is -2.47. The van der Waals surface area contributed by atoms with Crippen molar-refractivity contribution in [2.45, 2.75) is 18.7 Å². The van der Waals surface area contributed by atoms with Crippen LogP contribution in [0.3, 0.4) is 0 Å². The van der Waals surface area contributed by atoms with Crippen molar-refractivity contribution in [2.75, 3.05) is 25.0 Å². The summed E-state index contributed by atoms with van der Waals surface area (Å²) in [6.07, 6.45) is 0. The molecule has 0 aliphatic carbocycles. The first kappa shape index (κ1) is 18.1. The van der Waals surface area contributed by atoms with Gasteiger partial charge in [-0.3, -0.25) is 9.52 Å². The third-order valence-electron chi connectivity index (χ3n) is 4.19. The summed E-state index contributed by atoms with van der Waals surface area (Å²) in [4.78, 5) is 12.1. The SMILES string of the molecule is COc1cc(C)c(C)cc1S(=O)(=O)Nc1ccc2c(c1)C(=O)NCCO2. The van der Waals surface area contributed by atoms with Crippen LogP contribution in [0.25, 0.3) is 0 Å². The van der Waals surface area contributed by atoms with Gasteiger partial charge in [0.25, 0.3) is 15.9 Å². The molecule has 2 aromatic carbocycles. The molecule has 138 valence electrons. The molecule has 1 heterocycles. The van der Waals surface area contributed by atoms with Gasteiger partial charge in [0.2, 0.25) is 0 Å². The average Bonchev–Trinajstić information content (AvgIpc) is 2.78. The molecule has 0 spiro atoms. The Labute approximate surface area is 152 Å². The van der Waals surface area contributed by atoms with Crippen LogP contribution in [0.15, 0.2) is 35.2 Å². The van der Waals surface area contributed by atoms with Gasteiger partial charge in [-0.05, 0) is 55.3 Å². The highest BCUT2D eigenvalue weighted by Crippen LogP contribution is 2.30. The third-order valence-corrected chi connectivity index (χ3v) is 5.59. The van der Waals surface area contributed by atoms with Crippen LogP contribution in [-0.4, -0.2) is 34.6 Å². The first-order valence-electron chi connectivity index (χ1n) is 8.05. The van der Waals surface area contributed by atoms with Crippen LogP contribution < -0.4 is 19.5 Å². The molecule has 0 radical (unpaired) electrons. The number of carbonyl (C=O) groups is 1. The lowest BCUT2D eigenvalue weighted by Crippen LogP contribution is -2.24. The lowest BCUT2D eigenvalue weighted by Gasteiger charge is -2.15. The zero-order valence-corrected chi connectivity index (χ0v) is 15.6. The van der Waals surface area contributed by atoms with E-state index in [1.54, 1.807) is 24.3 Å². The number of rotatable bonds is 4. The maximum Gasteiger partial charge on any atom is 0.265 e. The standard InChI is InChI=1S/C18H20N2O5S/c1-11-8-16(24-3)17(9-12(11)2)26(22,23)20-13-4-5-15-14(10-13)18(21)19-6-7-25-15/h4-5,8-10,20H,6-7H2,1-3H3,(H,19,21). The summed E-state index contributed by atoms with van der Waals surface area (Å²) in [6, 6.07) is 7.84. The van der Waals surface area contributed by atoms with E-state index in [2.05, 4.69) is 10.0 Å². The Hall–Kier alpha value is -2.74. The topological polar surface area (TPSA) is 93.7 Å². The van der Waals surface area contributed by atoms with E-state index < -0.39 is 10.0 Å². The number of sulfonamides is 1. The van der Waals surface area contributed by atoms with Crippen LogP contribution in [0.1, 0.15) is 21.5 Å². The number of hydrogen-bond donors (Lipinski definition) is 2. The van der Waals surface area contributed by atoms with Crippen molar-refractivity contribution in [3.05, 3.63) is 47.0 Å². The molecule has 0 saturated carbocycles. The minimum Gasteiger partial charge on any atom is -0.495 e. The largest absolute Gasteiger partial charge is 0.495 e. The molecular weight excluding hydrogens is 356 g/mol. The van der Waals surface area contributed by atoms with Crippen LogP contribution >= 0.6 is 0 Å². The van der Waals surface area contributed by atoms with Crippen LogP contribution in [-0.2, 0) is 10.0 Å². The van der Waals surface area contributed by atoms with Crippen molar-refractivity contribution in [3.8, 4) is 11.5 Å². The van der Waals surface area contributed by atoms with Crippen LogP contribution in [0.2, 0.25) is 0 Å². The lowest BCUT2D eigenvalue weighted by molar-refractivity contribution is 0.0957. The molecule has 8 heteroatoms. The van der Waals surface area contributed by atoms with Gasteiger partial charge >= 0.3 is 0 Å². The molecule has 1 aliphatic rings. The van der Waals surface area contributed by atoms with E-state index in [9.17, 15) is 13.2 Å². The highest BCUT2D eigenvalue weighted by molar-refractivity contribution is 7.92. The molecule has 1 aliphatic heterocycles. The lowest BCUT2D eigenvalue weighted by atomic mass is 10.1. The van der Waals surface area contributed by atoms with Gasteiger partial charge in [-0.25, -0.2) is 8.42 Å². The number of aryl methyl sites for hydroxylation is 2. The van der Waals surface area contributed by atoms with Crippen molar-refractivity contribution in [1.29, 1.82) is 0 Å². The monoisotopic (exact) mass is 376 g/mol. The van der Waals surface area contributed by atoms with Crippen LogP contribution in [0, 0.1) is 13.8 Å². The van der Waals surface area contributed by atoms with Crippen molar-refractivity contribution in [1.82, 2.24) is 5.32 Å². The van der Waals surface area contributed by atoms with Gasteiger partial charge in [0, 0.05) is 5.69 Å². The summed E-state index contributed by atoms with van der Waals surface area (Å²) in [5.74, 6) is 0.380. The van der Waals surface area contributed by atoms with E-state index in [0.29, 0.717) is 18.9 Å². The Bertz CT molecular complexity index is 970. The smallest absolute Gasteiger partial charge is 0.265 e. The number of hydrogen-bond acceptors (Lipinski definition) is 5. The normalized spacial score (nSPS) is 13.9. The second-order valence-electron chi connectivity index (χ2n) is 6.01. The fraction of sp³-hybridized carbons (Fsp3) is 0.278. The highest BCUT2D eigenvalue weighted by Gasteiger charge is 2.23. The van der Waals surface area contributed by atoms with E-state index in [1.165, 1.54) is 13.2 Å². The average molecular weight is 376 g/mol. The Kier molecular flexibility index (Phi) is 4.78. The molecule has 1 amide bonds. The van der Waals surface area contributed by atoms with Gasteiger partial charge in [-0.1, -0.05) is 0 Å². The van der Waals surface area contributed by atoms with Crippen molar-refractivity contribution >= 4 is 21.6 Å². The maximum atomic E-state index is 12.8. The highest BCUT2D eigenvalue weighted by atomic mass is 32.2. The number of fused-ring (bicyclic) bond motifs is 1. The molecule has 0 unspecified atom stereocenters. The molecule has 0 aromatic heterocycles. The fourth-order valence-electron chi connectivity index (χ4n) is 2.66. The van der Waals surface area contributed by atoms with Gasteiger partial charge < -0.3 is 14.8 Å². The summed E-state index contributed by atoms with van der Waals surface area (Å²) in [5.41, 5.74) is 2.32. The zero-order valence-electron chi connectivity index (χ0n) is 14.8. The first-order valence-corrected chi connectivity index (χ1v) is 9.53. The molecule has 2 N–H and O–H groups in total. The number of methoxy groups -OCH3 is 1. The molecule has 2 aromatic rings. The number of benzene rings is 2. The summed E-state index contributed by atoms with van der Waals surface area (Å²) in [5, 5.41) is 2.69. The fourth-order valence-corrected chi connectivity index (χ4v) is 3.95. The molecular formula is C18H20N2O5S. The quantitative estimate of drug-likeness (QED) is 0.853. The number of amides is 1. The van der Waals surface area contributed by atoms with Gasteiger partial charge in [-0.2, -0.15) is 0 Å². The molecule has 3 rings (SSSR count). The predicted octanol–water partition coefficient (Wildman–Crippen LogP) is 2.24. The van der Waals surface area contributed by atoms with E-state index in [0.717, 1.165) is 11.1 Å². The first-order chi connectivity index (χ1) is 12.3. The second kappa shape index (κ2) is 6.87. The number of ether oxygens (including phenoxy) is 2. The molecule has 0 fully saturated rings. The minimum absolute atomic E-state index is 0.0405. The van der Waals surface area contributed by atoms with E-state index in [-0.39, 0.29) is 27.8 Å². The third kappa shape index (κ3) is 3.45. The number of anilines is 1. The second-order valence-corrected chi connectivity index (χ2v) is 7.66. The Balaban J connectivity index is 1.98. The minimum atomic E-state index is -3.90. The summed E-state index contributed by atoms with van der Waals surface area (Å²) < 4.78 is 38.9. The van der Waals surface area contributed by atoms with E-state index >= 15 is 0 Å². The Morgan fingerprint density at radius 1 is 1.15 bits per heavy atom. The van der Waals surface area contributed by atoms with Crippen molar-refractivity contribution in [2.24, 2.45) is 0 Å². The number of carbonyl (C=O) groups excluding carboxylic acids is 1. The Morgan fingerprint density at radius 2 is 1.88 bits per heavy atom. The van der Waals surface area contributed by atoms with Gasteiger partial charge in [-0.15, -0.1) is 0 Å². The zero-order chi connectivity index (χ0) is 18.9. The summed E-state index contributed by atoms with van der Waals surface area (Å²) in [6.45, 7) is 4.47. The summed E-state index contributed by atoms with van der Waals surface area (Å²) >= 11 is 0. The van der Waals surface area contributed by atoms with Crippen LogP contribution in [0.5, 0.6) is 11.5 Å². The van der Waals surface area contributed by atoms with E-state index in [4.69, 9.17) is 9.47 Å². The maximum absolute atomic E-state index is 12.8. The van der Waals surface area contributed by atoms with Gasteiger partial charge in [0.1, 0.15) is 23.0 Å². The molecule has 7 nitrogen and oxygen atoms in total. The van der Waals surface area contributed by atoms with Crippen LogP contribution in [0.4, 0.5) is 5.69 Å².